The van der Waals surface area contributed by atoms with Gasteiger partial charge in [0.05, 0.1) is 4.47 Å². The van der Waals surface area contributed by atoms with Crippen LogP contribution in [0.15, 0.2) is 28.9 Å². The van der Waals surface area contributed by atoms with Crippen LogP contribution in [0.2, 0.25) is 5.28 Å². The van der Waals surface area contributed by atoms with E-state index in [-0.39, 0.29) is 5.28 Å². The Balaban J connectivity index is 2.31. The Kier molecular flexibility index (Phi) is 3.64. The van der Waals surface area contributed by atoms with E-state index in [1.807, 2.05) is 6.07 Å². The molecule has 0 saturated heterocycles. The van der Waals surface area contributed by atoms with Crippen molar-refractivity contribution < 1.29 is 0 Å². The molecule has 0 amide bonds. The fourth-order valence-electron chi connectivity index (χ4n) is 1.39. The Labute approximate surface area is 113 Å². The summed E-state index contributed by atoms with van der Waals surface area (Å²) in [6.45, 7) is 4.15. The molecule has 1 heterocycles. The van der Waals surface area contributed by atoms with E-state index in [2.05, 4.69) is 57.2 Å². The number of halogens is 2. The molecule has 0 spiro atoms. The van der Waals surface area contributed by atoms with Crippen LogP contribution in [0.3, 0.4) is 0 Å². The average Bonchev–Trinajstić information content (AvgIpc) is 2.29. The highest BCUT2D eigenvalue weighted by Gasteiger charge is 2.04. The maximum absolute atomic E-state index is 5.76. The maximum Gasteiger partial charge on any atom is 0.224 e. The minimum Gasteiger partial charge on any atom is -0.339 e. The first-order valence-electron chi connectivity index (χ1n) is 5.08. The molecule has 1 N–H and O–H groups in total. The summed E-state index contributed by atoms with van der Waals surface area (Å²) < 4.78 is 0.778. The van der Waals surface area contributed by atoms with Crippen molar-refractivity contribution in [3.05, 3.63) is 45.3 Å². The van der Waals surface area contributed by atoms with E-state index in [1.54, 1.807) is 6.20 Å². The van der Waals surface area contributed by atoms with E-state index < -0.39 is 0 Å². The highest BCUT2D eigenvalue weighted by molar-refractivity contribution is 9.10. The van der Waals surface area contributed by atoms with Crippen molar-refractivity contribution in [1.29, 1.82) is 0 Å². The summed E-state index contributed by atoms with van der Waals surface area (Å²) in [6, 6.07) is 6.14. The second-order valence-corrected chi connectivity index (χ2v) is 4.95. The summed E-state index contributed by atoms with van der Waals surface area (Å²) in [5.41, 5.74) is 3.46. The minimum atomic E-state index is 0.222. The van der Waals surface area contributed by atoms with Crippen molar-refractivity contribution in [1.82, 2.24) is 9.97 Å². The van der Waals surface area contributed by atoms with Crippen LogP contribution in [0, 0.1) is 13.8 Å². The van der Waals surface area contributed by atoms with Crippen LogP contribution in [-0.4, -0.2) is 9.97 Å². The van der Waals surface area contributed by atoms with E-state index in [1.165, 1.54) is 11.1 Å². The molecule has 17 heavy (non-hydrogen) atoms. The number of hydrogen-bond acceptors (Lipinski definition) is 3. The Bertz CT molecular complexity index is 557. The van der Waals surface area contributed by atoms with E-state index in [9.17, 15) is 0 Å². The van der Waals surface area contributed by atoms with Crippen molar-refractivity contribution in [3.63, 3.8) is 0 Å². The van der Waals surface area contributed by atoms with Crippen LogP contribution in [0.5, 0.6) is 0 Å². The van der Waals surface area contributed by atoms with Gasteiger partial charge in [-0.15, -0.1) is 0 Å². The average molecular weight is 313 g/mol. The largest absolute Gasteiger partial charge is 0.339 e. The van der Waals surface area contributed by atoms with Gasteiger partial charge in [-0.05, 0) is 64.6 Å². The summed E-state index contributed by atoms with van der Waals surface area (Å²) in [5.74, 6) is 0.660. The number of benzene rings is 1. The molecular formula is C12H11BrClN3. The molecule has 0 radical (unpaired) electrons. The van der Waals surface area contributed by atoms with Crippen LogP contribution in [0.25, 0.3) is 0 Å². The topological polar surface area (TPSA) is 37.8 Å². The third-order valence-electron chi connectivity index (χ3n) is 2.48. The zero-order chi connectivity index (χ0) is 12.4. The molecule has 88 valence electrons. The van der Waals surface area contributed by atoms with Crippen LogP contribution >= 0.6 is 27.5 Å². The highest BCUT2D eigenvalue weighted by Crippen LogP contribution is 2.25. The predicted octanol–water partition coefficient (Wildman–Crippen LogP) is 4.25. The molecule has 2 aromatic rings. The minimum absolute atomic E-state index is 0.222. The van der Waals surface area contributed by atoms with Crippen LogP contribution in [-0.2, 0) is 0 Å². The van der Waals surface area contributed by atoms with E-state index in [0.29, 0.717) is 5.82 Å². The lowest BCUT2D eigenvalue weighted by Gasteiger charge is -2.09. The molecule has 0 fully saturated rings. The van der Waals surface area contributed by atoms with Gasteiger partial charge in [-0.3, -0.25) is 0 Å². The normalized spacial score (nSPS) is 10.4. The number of nitrogens with zero attached hydrogens (tertiary/aromatic N) is 2. The fourth-order valence-corrected chi connectivity index (χ4v) is 1.81. The first-order chi connectivity index (χ1) is 8.06. The van der Waals surface area contributed by atoms with Gasteiger partial charge in [-0.1, -0.05) is 6.07 Å². The van der Waals surface area contributed by atoms with E-state index in [4.69, 9.17) is 11.6 Å². The van der Waals surface area contributed by atoms with Crippen molar-refractivity contribution >= 4 is 39.0 Å². The molecule has 0 aliphatic carbocycles. The highest BCUT2D eigenvalue weighted by atomic mass is 79.9. The van der Waals surface area contributed by atoms with Gasteiger partial charge in [0.1, 0.15) is 5.82 Å². The summed E-state index contributed by atoms with van der Waals surface area (Å²) >= 11 is 9.13. The number of hydrogen-bond donors (Lipinski definition) is 1. The molecule has 0 aliphatic heterocycles. The lowest BCUT2D eigenvalue weighted by atomic mass is 10.1. The lowest BCUT2D eigenvalue weighted by Crippen LogP contribution is -1.97. The summed E-state index contributed by atoms with van der Waals surface area (Å²) in [7, 11) is 0. The second-order valence-electron chi connectivity index (χ2n) is 3.76. The van der Waals surface area contributed by atoms with Crippen LogP contribution in [0.1, 0.15) is 11.1 Å². The SMILES string of the molecule is Cc1ccc(Nc2nc(Cl)ncc2Br)cc1C. The van der Waals surface area contributed by atoms with Crippen molar-refractivity contribution in [2.24, 2.45) is 0 Å². The molecule has 1 aromatic heterocycles. The molecule has 0 atom stereocenters. The monoisotopic (exact) mass is 311 g/mol. The fraction of sp³-hybridized carbons (Fsp3) is 0.167. The molecule has 0 bridgehead atoms. The summed E-state index contributed by atoms with van der Waals surface area (Å²) in [4.78, 5) is 8.00. The molecule has 2 rings (SSSR count). The van der Waals surface area contributed by atoms with Gasteiger partial charge in [0.25, 0.3) is 0 Å². The van der Waals surface area contributed by atoms with E-state index >= 15 is 0 Å². The van der Waals surface area contributed by atoms with Gasteiger partial charge in [0, 0.05) is 11.9 Å². The Hall–Kier alpha value is -1.13. The summed E-state index contributed by atoms with van der Waals surface area (Å²) in [5, 5.41) is 3.42. The van der Waals surface area contributed by atoms with Gasteiger partial charge in [-0.25, -0.2) is 4.98 Å². The number of aromatic nitrogens is 2. The van der Waals surface area contributed by atoms with Gasteiger partial charge in [0.15, 0.2) is 0 Å². The number of aryl methyl sites for hydroxylation is 2. The third kappa shape index (κ3) is 2.96. The second kappa shape index (κ2) is 5.02. The van der Waals surface area contributed by atoms with E-state index in [0.717, 1.165) is 10.2 Å². The molecule has 3 nitrogen and oxygen atoms in total. The molecule has 0 saturated carbocycles. The smallest absolute Gasteiger partial charge is 0.224 e. The first kappa shape index (κ1) is 12.3. The zero-order valence-corrected chi connectivity index (χ0v) is 11.8. The number of nitrogens with one attached hydrogen (secondary N) is 1. The van der Waals surface area contributed by atoms with Crippen molar-refractivity contribution in [2.45, 2.75) is 13.8 Å². The van der Waals surface area contributed by atoms with Gasteiger partial charge in [0.2, 0.25) is 5.28 Å². The zero-order valence-electron chi connectivity index (χ0n) is 9.46. The quantitative estimate of drug-likeness (QED) is 0.842. The Morgan fingerprint density at radius 3 is 2.71 bits per heavy atom. The Morgan fingerprint density at radius 2 is 2.00 bits per heavy atom. The van der Waals surface area contributed by atoms with Crippen LogP contribution < -0.4 is 5.32 Å². The van der Waals surface area contributed by atoms with Crippen molar-refractivity contribution in [2.75, 3.05) is 5.32 Å². The molecular weight excluding hydrogens is 302 g/mol. The molecule has 0 aliphatic rings. The molecule has 5 heteroatoms. The number of anilines is 2. The molecule has 0 unspecified atom stereocenters. The standard InChI is InChI=1S/C12H11BrClN3/c1-7-3-4-9(5-8(7)2)16-11-10(13)6-15-12(14)17-11/h3-6H,1-2H3,(H,15,16,17). The van der Waals surface area contributed by atoms with Crippen LogP contribution in [0.4, 0.5) is 11.5 Å². The van der Waals surface area contributed by atoms with Gasteiger partial charge in [-0.2, -0.15) is 4.98 Å². The molecule has 1 aromatic carbocycles. The van der Waals surface area contributed by atoms with Gasteiger partial charge < -0.3 is 5.32 Å². The van der Waals surface area contributed by atoms with Crippen molar-refractivity contribution in [3.8, 4) is 0 Å². The lowest BCUT2D eigenvalue weighted by molar-refractivity contribution is 1.15. The van der Waals surface area contributed by atoms with Gasteiger partial charge >= 0.3 is 0 Å². The Morgan fingerprint density at radius 1 is 1.24 bits per heavy atom. The third-order valence-corrected chi connectivity index (χ3v) is 3.25. The number of rotatable bonds is 2. The maximum atomic E-state index is 5.76. The summed E-state index contributed by atoms with van der Waals surface area (Å²) in [6.07, 6.45) is 1.62. The predicted molar refractivity (Wildman–Crippen MR) is 73.9 cm³/mol. The first-order valence-corrected chi connectivity index (χ1v) is 6.25.